The van der Waals surface area contributed by atoms with Crippen LogP contribution in [0.25, 0.3) is 22.3 Å². The van der Waals surface area contributed by atoms with Gasteiger partial charge in [0.25, 0.3) is 0 Å². The molecule has 0 saturated carbocycles. The van der Waals surface area contributed by atoms with Crippen LogP contribution in [-0.2, 0) is 15.6 Å². The minimum absolute atomic E-state index is 0.00472. The van der Waals surface area contributed by atoms with Gasteiger partial charge in [0.1, 0.15) is 34.6 Å². The molecule has 0 bridgehead atoms. The zero-order chi connectivity index (χ0) is 37.6. The number of hydrogen-bond donors (Lipinski definition) is 0. The molecular formula is C34H27F13O3S. The Morgan fingerprint density at radius 2 is 1.20 bits per heavy atom. The third-order valence-electron chi connectivity index (χ3n) is 7.98. The van der Waals surface area contributed by atoms with Crippen molar-refractivity contribution in [1.29, 1.82) is 0 Å². The van der Waals surface area contributed by atoms with Crippen molar-refractivity contribution in [1.82, 2.24) is 0 Å². The first-order valence-corrected chi connectivity index (χ1v) is 17.2. The molecule has 0 amide bonds. The Morgan fingerprint density at radius 1 is 0.667 bits per heavy atom. The standard InChI is InChI=1S/C34H27F13O3S/c1-2-3-4-5-18-16-48-33(49-17-18)20-7-9-23(26(36)11-20)19-6-8-24(25(35)10-19)21-12-27(37)31(28(38)13-21)34(41,42)50-22-14-29(39)32(30(40)15-22)51(43,44,45,46)47/h6-15,18,33H,2-5,16-17H2,1H3. The Bertz CT molecular complexity index is 1900. The van der Waals surface area contributed by atoms with E-state index in [4.69, 9.17) is 9.47 Å². The number of unbranched alkanes of at least 4 members (excludes halogenated alkanes) is 2. The predicted octanol–water partition coefficient (Wildman–Crippen LogP) is 12.9. The highest BCUT2D eigenvalue weighted by molar-refractivity contribution is 8.45. The minimum atomic E-state index is -11.0. The summed E-state index contributed by atoms with van der Waals surface area (Å²) < 4.78 is 198. The lowest BCUT2D eigenvalue weighted by atomic mass is 9.97. The molecule has 1 saturated heterocycles. The largest absolute Gasteiger partial charge is 0.432 e. The maximum absolute atomic E-state index is 15.2. The fourth-order valence-corrected chi connectivity index (χ4v) is 6.44. The number of benzene rings is 4. The van der Waals surface area contributed by atoms with E-state index in [1.807, 2.05) is 0 Å². The topological polar surface area (TPSA) is 27.7 Å². The quantitative estimate of drug-likeness (QED) is 0.113. The van der Waals surface area contributed by atoms with Crippen LogP contribution in [0.4, 0.5) is 54.6 Å². The highest BCUT2D eigenvalue weighted by Crippen LogP contribution is 3.02. The van der Waals surface area contributed by atoms with Crippen LogP contribution in [0.2, 0.25) is 0 Å². The molecule has 0 N–H and O–H groups in total. The lowest BCUT2D eigenvalue weighted by Crippen LogP contribution is -2.27. The van der Waals surface area contributed by atoms with E-state index in [2.05, 4.69) is 11.7 Å². The van der Waals surface area contributed by atoms with Crippen molar-refractivity contribution in [2.75, 3.05) is 13.2 Å². The molecule has 4 aromatic rings. The van der Waals surface area contributed by atoms with Crippen LogP contribution in [0.15, 0.2) is 65.6 Å². The monoisotopic (exact) mass is 762 g/mol. The van der Waals surface area contributed by atoms with E-state index >= 15 is 8.78 Å². The second-order valence-corrected chi connectivity index (χ2v) is 14.3. The molecule has 0 aromatic heterocycles. The summed E-state index contributed by atoms with van der Waals surface area (Å²) in [5.41, 5.74) is -3.07. The summed E-state index contributed by atoms with van der Waals surface area (Å²) in [6, 6.07) is 6.15. The SMILES string of the molecule is CCCCCC1COC(c2ccc(-c3ccc(-c4cc(F)c(C(F)(F)Oc5cc(F)c(S(F)(F)(F)(F)F)c(F)c5)c(F)c4)c(F)c3)c(F)c2)OC1. The van der Waals surface area contributed by atoms with Crippen LogP contribution in [0.5, 0.6) is 5.75 Å². The normalized spacial score (nSPS) is 18.3. The van der Waals surface area contributed by atoms with Crippen molar-refractivity contribution >= 4 is 10.2 Å². The van der Waals surface area contributed by atoms with E-state index in [0.29, 0.717) is 18.8 Å². The molecule has 0 aliphatic carbocycles. The van der Waals surface area contributed by atoms with Gasteiger partial charge in [0.15, 0.2) is 22.8 Å². The number of ether oxygens (including phenoxy) is 3. The van der Waals surface area contributed by atoms with Gasteiger partial charge in [0.2, 0.25) is 0 Å². The number of hydrogen-bond acceptors (Lipinski definition) is 3. The van der Waals surface area contributed by atoms with Crippen molar-refractivity contribution in [2.24, 2.45) is 5.92 Å². The Balaban J connectivity index is 1.34. The summed E-state index contributed by atoms with van der Waals surface area (Å²) in [5.74, 6) is -13.8. The highest BCUT2D eigenvalue weighted by atomic mass is 32.5. The molecule has 3 nitrogen and oxygen atoms in total. The lowest BCUT2D eigenvalue weighted by molar-refractivity contribution is -0.206. The van der Waals surface area contributed by atoms with E-state index in [9.17, 15) is 45.8 Å². The molecule has 0 spiro atoms. The fourth-order valence-electron chi connectivity index (χ4n) is 5.58. The van der Waals surface area contributed by atoms with E-state index in [-0.39, 0.29) is 29.2 Å². The molecule has 51 heavy (non-hydrogen) atoms. The van der Waals surface area contributed by atoms with Gasteiger partial charge in [-0.05, 0) is 41.8 Å². The third kappa shape index (κ3) is 8.58. The molecule has 1 aliphatic heterocycles. The number of halogens is 13. The third-order valence-corrected chi connectivity index (χ3v) is 9.14. The first-order valence-electron chi connectivity index (χ1n) is 15.2. The molecule has 0 atom stereocenters. The summed E-state index contributed by atoms with van der Waals surface area (Å²) in [7, 11) is -11.0. The number of rotatable bonds is 11. The summed E-state index contributed by atoms with van der Waals surface area (Å²) in [5, 5.41) is 0. The van der Waals surface area contributed by atoms with Crippen LogP contribution in [0.1, 0.15) is 50.0 Å². The molecule has 1 fully saturated rings. The maximum Gasteiger partial charge on any atom is 0.432 e. The summed E-state index contributed by atoms with van der Waals surface area (Å²) >= 11 is 0. The lowest BCUT2D eigenvalue weighted by Gasteiger charge is -2.40. The predicted molar refractivity (Wildman–Crippen MR) is 162 cm³/mol. The van der Waals surface area contributed by atoms with E-state index < -0.39 is 97.0 Å². The average molecular weight is 763 g/mol. The molecule has 17 heteroatoms. The first-order chi connectivity index (χ1) is 23.6. The van der Waals surface area contributed by atoms with Crippen LogP contribution in [0.3, 0.4) is 0 Å². The zero-order valence-corrected chi connectivity index (χ0v) is 27.0. The van der Waals surface area contributed by atoms with Gasteiger partial charge in [-0.15, -0.1) is 0 Å². The highest BCUT2D eigenvalue weighted by Gasteiger charge is 2.69. The molecule has 0 radical (unpaired) electrons. The zero-order valence-electron chi connectivity index (χ0n) is 26.2. The van der Waals surface area contributed by atoms with E-state index in [0.717, 1.165) is 43.9 Å². The van der Waals surface area contributed by atoms with Gasteiger partial charge in [-0.1, -0.05) is 69.9 Å². The van der Waals surface area contributed by atoms with Crippen molar-refractivity contribution in [3.63, 3.8) is 0 Å². The maximum atomic E-state index is 15.2. The van der Waals surface area contributed by atoms with Crippen molar-refractivity contribution < 1.29 is 68.8 Å². The molecule has 5 rings (SSSR count). The van der Waals surface area contributed by atoms with Gasteiger partial charge in [0.05, 0.1) is 13.2 Å². The molecule has 0 unspecified atom stereocenters. The number of alkyl halides is 2. The molecular weight excluding hydrogens is 735 g/mol. The molecule has 1 aliphatic rings. The summed E-state index contributed by atoms with van der Waals surface area (Å²) in [4.78, 5) is -3.63. The van der Waals surface area contributed by atoms with Crippen molar-refractivity contribution in [3.8, 4) is 28.0 Å². The second-order valence-electron chi connectivity index (χ2n) is 11.9. The van der Waals surface area contributed by atoms with Gasteiger partial charge in [-0.2, -0.15) is 8.78 Å². The van der Waals surface area contributed by atoms with Gasteiger partial charge in [-0.3, -0.25) is 0 Å². The Hall–Kier alpha value is -3.96. The minimum Gasteiger partial charge on any atom is -0.429 e. The van der Waals surface area contributed by atoms with Crippen molar-refractivity contribution in [3.05, 3.63) is 107 Å². The molecule has 278 valence electrons. The van der Waals surface area contributed by atoms with Gasteiger partial charge >= 0.3 is 16.3 Å². The fraction of sp³-hybridized carbons (Fsp3) is 0.294. The smallest absolute Gasteiger partial charge is 0.429 e. The summed E-state index contributed by atoms with van der Waals surface area (Å²) in [6.07, 6.45) is -1.86. The van der Waals surface area contributed by atoms with Crippen LogP contribution in [0, 0.1) is 40.8 Å². The summed E-state index contributed by atoms with van der Waals surface area (Å²) in [6.45, 7) is 2.95. The average Bonchev–Trinajstić information content (AvgIpc) is 2.99. The Kier molecular flexibility index (Phi) is 9.92. The van der Waals surface area contributed by atoms with Gasteiger partial charge in [-0.25, -0.2) is 26.3 Å². The van der Waals surface area contributed by atoms with E-state index in [1.165, 1.54) is 18.2 Å². The molecule has 1 heterocycles. The van der Waals surface area contributed by atoms with E-state index in [1.54, 1.807) is 0 Å². The van der Waals surface area contributed by atoms with Crippen LogP contribution in [-0.4, -0.2) is 13.2 Å². The van der Waals surface area contributed by atoms with Crippen molar-refractivity contribution in [2.45, 2.75) is 49.9 Å². The van der Waals surface area contributed by atoms with Gasteiger partial charge < -0.3 is 14.2 Å². The molecule has 4 aromatic carbocycles. The second kappa shape index (κ2) is 13.2. The first kappa shape index (κ1) is 38.3. The Labute approximate surface area is 282 Å². The van der Waals surface area contributed by atoms with Gasteiger partial charge in [0, 0.05) is 34.7 Å². The Morgan fingerprint density at radius 3 is 1.73 bits per heavy atom. The van der Waals surface area contributed by atoms with Crippen LogP contribution < -0.4 is 4.74 Å². The van der Waals surface area contributed by atoms with Crippen LogP contribution >= 0.6 is 10.2 Å².